The predicted molar refractivity (Wildman–Crippen MR) is 91.8 cm³/mol. The van der Waals surface area contributed by atoms with Crippen LogP contribution in [0.4, 0.5) is 9.59 Å². The molecular formula is C16H19N5O6. The Hall–Kier alpha value is -3.60. The first-order valence-electron chi connectivity index (χ1n) is 7.75. The van der Waals surface area contributed by atoms with E-state index in [1.165, 1.54) is 19.6 Å². The van der Waals surface area contributed by atoms with Crippen molar-refractivity contribution < 1.29 is 29.0 Å². The third kappa shape index (κ3) is 5.71. The molecule has 1 heterocycles. The van der Waals surface area contributed by atoms with Gasteiger partial charge in [0.25, 0.3) is 0 Å². The topological polar surface area (TPSA) is 158 Å². The summed E-state index contributed by atoms with van der Waals surface area (Å²) in [6.45, 7) is -0.0343. The monoisotopic (exact) mass is 377 g/mol. The number of hydrogen-bond acceptors (Lipinski definition) is 7. The maximum Gasteiger partial charge on any atom is 0.408 e. The third-order valence-electron chi connectivity index (χ3n) is 3.53. The molecule has 144 valence electrons. The van der Waals surface area contributed by atoms with E-state index in [0.717, 1.165) is 4.57 Å². The number of nitrogens with one attached hydrogen (secondary N) is 2. The summed E-state index contributed by atoms with van der Waals surface area (Å²) in [5.74, 6) is 4.40. The number of alkyl carbamates (subject to hydrolysis) is 1. The van der Waals surface area contributed by atoms with Crippen LogP contribution in [-0.4, -0.2) is 45.9 Å². The van der Waals surface area contributed by atoms with Gasteiger partial charge in [0.15, 0.2) is 0 Å². The number of amides is 2. The second-order valence-electron chi connectivity index (χ2n) is 5.39. The highest BCUT2D eigenvalue weighted by atomic mass is 16.5. The number of ether oxygens (including phenoxy) is 2. The summed E-state index contributed by atoms with van der Waals surface area (Å²) in [6, 6.07) is 4.95. The number of carboxylic acid groups (broad SMARTS) is 1. The first kappa shape index (κ1) is 19.7. The number of hydrazine groups is 1. The van der Waals surface area contributed by atoms with Crippen molar-refractivity contribution in [3.8, 4) is 5.75 Å². The maximum atomic E-state index is 11.9. The molecule has 0 aliphatic carbocycles. The number of methoxy groups -OCH3 is 1. The van der Waals surface area contributed by atoms with Gasteiger partial charge in [0.1, 0.15) is 24.7 Å². The number of aliphatic carboxylic acids is 1. The van der Waals surface area contributed by atoms with E-state index in [1.54, 1.807) is 24.3 Å². The smallest absolute Gasteiger partial charge is 0.408 e. The van der Waals surface area contributed by atoms with Crippen molar-refractivity contribution in [1.82, 2.24) is 20.3 Å². The van der Waals surface area contributed by atoms with Crippen LogP contribution in [0.25, 0.3) is 0 Å². The molecule has 0 radical (unpaired) electrons. The van der Waals surface area contributed by atoms with Crippen molar-refractivity contribution in [2.45, 2.75) is 19.1 Å². The SMILES string of the molecule is COc1ccc(COC(=O)N[C@@H](Cc2cn(C(=O)NN)cn2)C(=O)O)cc1. The molecule has 2 rings (SSSR count). The second kappa shape index (κ2) is 9.20. The fourth-order valence-electron chi connectivity index (χ4n) is 2.12. The van der Waals surface area contributed by atoms with Crippen LogP contribution >= 0.6 is 0 Å². The summed E-state index contributed by atoms with van der Waals surface area (Å²) in [4.78, 5) is 38.5. The number of nitrogens with two attached hydrogens (primary N) is 1. The fourth-order valence-corrected chi connectivity index (χ4v) is 2.12. The Labute approximate surface area is 154 Å². The Morgan fingerprint density at radius 3 is 2.59 bits per heavy atom. The fraction of sp³-hybridized carbons (Fsp3) is 0.250. The van der Waals surface area contributed by atoms with Crippen LogP contribution in [0.5, 0.6) is 5.75 Å². The van der Waals surface area contributed by atoms with Gasteiger partial charge in [-0.3, -0.25) is 9.99 Å². The van der Waals surface area contributed by atoms with Gasteiger partial charge >= 0.3 is 18.1 Å². The molecule has 0 aliphatic rings. The molecule has 27 heavy (non-hydrogen) atoms. The highest BCUT2D eigenvalue weighted by molar-refractivity contribution is 5.80. The molecule has 0 saturated heterocycles. The highest BCUT2D eigenvalue weighted by Crippen LogP contribution is 2.12. The molecule has 0 bridgehead atoms. The average Bonchev–Trinajstić information content (AvgIpc) is 3.14. The molecule has 0 saturated carbocycles. The number of nitrogens with zero attached hydrogens (tertiary/aromatic N) is 2. The van der Waals surface area contributed by atoms with Crippen molar-refractivity contribution in [3.63, 3.8) is 0 Å². The summed E-state index contributed by atoms with van der Waals surface area (Å²) < 4.78 is 11.1. The number of rotatable bonds is 7. The largest absolute Gasteiger partial charge is 0.497 e. The molecule has 1 aromatic heterocycles. The lowest BCUT2D eigenvalue weighted by molar-refractivity contribution is -0.139. The van der Waals surface area contributed by atoms with Crippen molar-refractivity contribution in [2.24, 2.45) is 5.84 Å². The van der Waals surface area contributed by atoms with Crippen LogP contribution in [0.1, 0.15) is 11.3 Å². The lowest BCUT2D eigenvalue weighted by atomic mass is 10.2. The minimum atomic E-state index is -1.28. The van der Waals surface area contributed by atoms with Gasteiger partial charge in [-0.1, -0.05) is 12.1 Å². The maximum absolute atomic E-state index is 11.9. The van der Waals surface area contributed by atoms with Crippen molar-refractivity contribution >= 4 is 18.1 Å². The third-order valence-corrected chi connectivity index (χ3v) is 3.53. The summed E-state index contributed by atoms with van der Waals surface area (Å²) >= 11 is 0. The predicted octanol–water partition coefficient (Wildman–Crippen LogP) is 0.245. The van der Waals surface area contributed by atoms with Gasteiger partial charge in [-0.05, 0) is 17.7 Å². The van der Waals surface area contributed by atoms with Gasteiger partial charge in [-0.2, -0.15) is 0 Å². The zero-order valence-electron chi connectivity index (χ0n) is 14.4. The minimum absolute atomic E-state index is 0.0343. The number of carbonyl (C=O) groups excluding carboxylic acids is 2. The minimum Gasteiger partial charge on any atom is -0.497 e. The van der Waals surface area contributed by atoms with Gasteiger partial charge in [-0.15, -0.1) is 0 Å². The van der Waals surface area contributed by atoms with Gasteiger partial charge in [0, 0.05) is 12.6 Å². The summed E-state index contributed by atoms with van der Waals surface area (Å²) in [5.41, 5.74) is 2.90. The first-order valence-corrected chi connectivity index (χ1v) is 7.75. The van der Waals surface area contributed by atoms with Gasteiger partial charge in [0.2, 0.25) is 0 Å². The van der Waals surface area contributed by atoms with Crippen molar-refractivity contribution in [1.29, 1.82) is 0 Å². The van der Waals surface area contributed by atoms with Gasteiger partial charge in [-0.25, -0.2) is 25.2 Å². The molecular weight excluding hydrogens is 358 g/mol. The standard InChI is InChI=1S/C16H19N5O6/c1-26-12-4-2-10(3-5-12)8-27-16(25)19-13(14(22)23)6-11-7-21(9-18-11)15(24)20-17/h2-5,7,9,13H,6,8,17H2,1H3,(H,19,25)(H,20,24)(H,22,23)/t13-/m0/s1. The van der Waals surface area contributed by atoms with Crippen LogP contribution in [0.2, 0.25) is 0 Å². The normalized spacial score (nSPS) is 11.3. The Kier molecular flexibility index (Phi) is 6.72. The lowest BCUT2D eigenvalue weighted by Gasteiger charge is -2.13. The Bertz CT molecular complexity index is 804. The Balaban J connectivity index is 1.90. The highest BCUT2D eigenvalue weighted by Gasteiger charge is 2.22. The van der Waals surface area contributed by atoms with E-state index in [-0.39, 0.29) is 18.7 Å². The van der Waals surface area contributed by atoms with Crippen LogP contribution in [0.15, 0.2) is 36.8 Å². The van der Waals surface area contributed by atoms with Crippen LogP contribution in [0.3, 0.4) is 0 Å². The molecule has 2 amide bonds. The molecule has 1 atom stereocenters. The van der Waals surface area contributed by atoms with Crippen molar-refractivity contribution in [2.75, 3.05) is 7.11 Å². The lowest BCUT2D eigenvalue weighted by Crippen LogP contribution is -2.42. The first-order chi connectivity index (χ1) is 12.9. The Morgan fingerprint density at radius 1 is 1.30 bits per heavy atom. The van der Waals surface area contributed by atoms with E-state index in [0.29, 0.717) is 11.3 Å². The molecule has 0 unspecified atom stereocenters. The second-order valence-corrected chi connectivity index (χ2v) is 5.39. The molecule has 11 nitrogen and oxygen atoms in total. The van der Waals surface area contributed by atoms with Gasteiger partial charge in [0.05, 0.1) is 12.8 Å². The molecule has 11 heteroatoms. The summed E-state index contributed by atoms with van der Waals surface area (Å²) in [6.07, 6.45) is 1.45. The molecule has 5 N–H and O–H groups in total. The number of carbonyl (C=O) groups is 3. The van der Waals surface area contributed by atoms with E-state index in [1.807, 2.05) is 5.43 Å². The van der Waals surface area contributed by atoms with Crippen LogP contribution < -0.4 is 21.3 Å². The van der Waals surface area contributed by atoms with E-state index in [2.05, 4.69) is 10.3 Å². The number of nitrogen functional groups attached to an aromatic ring is 1. The average molecular weight is 377 g/mol. The van der Waals surface area contributed by atoms with E-state index in [9.17, 15) is 19.5 Å². The Morgan fingerprint density at radius 2 is 2.00 bits per heavy atom. The van der Waals surface area contributed by atoms with E-state index >= 15 is 0 Å². The van der Waals surface area contributed by atoms with Crippen LogP contribution in [-0.2, 0) is 22.6 Å². The van der Waals surface area contributed by atoms with E-state index < -0.39 is 24.1 Å². The summed E-state index contributed by atoms with van der Waals surface area (Å²) in [5, 5.41) is 11.5. The summed E-state index contributed by atoms with van der Waals surface area (Å²) in [7, 11) is 1.54. The number of aromatic nitrogens is 2. The quantitative estimate of drug-likeness (QED) is 0.304. The van der Waals surface area contributed by atoms with Gasteiger partial charge < -0.3 is 19.9 Å². The molecule has 0 aliphatic heterocycles. The molecule has 2 aromatic rings. The molecule has 1 aromatic carbocycles. The number of carboxylic acids is 1. The number of benzene rings is 1. The van der Waals surface area contributed by atoms with E-state index in [4.69, 9.17) is 15.3 Å². The molecule has 0 spiro atoms. The zero-order valence-corrected chi connectivity index (χ0v) is 14.4. The zero-order chi connectivity index (χ0) is 19.8. The van der Waals surface area contributed by atoms with Crippen molar-refractivity contribution in [3.05, 3.63) is 48.0 Å². The number of hydrogen-bond donors (Lipinski definition) is 4. The molecule has 0 fully saturated rings. The van der Waals surface area contributed by atoms with Crippen LogP contribution in [0, 0.1) is 0 Å². The number of imidazole rings is 1.